The molecule has 2 aliphatic heterocycles. The number of likely N-dealkylation sites (tertiary alicyclic amines) is 1. The molecule has 3 rings (SSSR count). The number of nitrogens with zero attached hydrogens (tertiary/aromatic N) is 1. The Labute approximate surface area is 129 Å². The molecule has 2 saturated heterocycles. The predicted molar refractivity (Wildman–Crippen MR) is 81.1 cm³/mol. The first kappa shape index (κ1) is 14.8. The van der Waals surface area contributed by atoms with Gasteiger partial charge in [0.05, 0.1) is 10.6 Å². The molecule has 3 nitrogen and oxygen atoms in total. The SMILES string of the molecule is O=C(c1c(F)cccc1Cl)N1CCCC2(CCCNC2)C1. The van der Waals surface area contributed by atoms with Gasteiger partial charge in [-0.15, -0.1) is 0 Å². The van der Waals surface area contributed by atoms with Crippen molar-refractivity contribution in [2.45, 2.75) is 25.7 Å². The highest BCUT2D eigenvalue weighted by molar-refractivity contribution is 6.33. The molecule has 2 aliphatic rings. The van der Waals surface area contributed by atoms with Crippen molar-refractivity contribution in [1.29, 1.82) is 0 Å². The van der Waals surface area contributed by atoms with Gasteiger partial charge >= 0.3 is 0 Å². The fourth-order valence-electron chi connectivity index (χ4n) is 3.62. The molecule has 1 atom stereocenters. The summed E-state index contributed by atoms with van der Waals surface area (Å²) in [5.41, 5.74) is 0.171. The Balaban J connectivity index is 1.81. The zero-order chi connectivity index (χ0) is 14.9. The normalized spacial score (nSPS) is 26.1. The molecule has 2 heterocycles. The first-order chi connectivity index (χ1) is 10.1. The van der Waals surface area contributed by atoms with E-state index in [4.69, 9.17) is 11.6 Å². The van der Waals surface area contributed by atoms with E-state index in [1.165, 1.54) is 12.1 Å². The van der Waals surface area contributed by atoms with Gasteiger partial charge in [-0.3, -0.25) is 4.79 Å². The maximum atomic E-state index is 13.9. The van der Waals surface area contributed by atoms with Crippen LogP contribution in [-0.2, 0) is 0 Å². The molecule has 5 heteroatoms. The Bertz CT molecular complexity index is 517. The van der Waals surface area contributed by atoms with Crippen LogP contribution in [-0.4, -0.2) is 37.0 Å². The minimum atomic E-state index is -0.533. The monoisotopic (exact) mass is 310 g/mol. The third-order valence-electron chi connectivity index (χ3n) is 4.69. The van der Waals surface area contributed by atoms with E-state index in [2.05, 4.69) is 5.32 Å². The largest absolute Gasteiger partial charge is 0.338 e. The number of benzene rings is 1. The number of carbonyl (C=O) groups is 1. The van der Waals surface area contributed by atoms with E-state index in [0.29, 0.717) is 13.1 Å². The van der Waals surface area contributed by atoms with E-state index in [1.807, 2.05) is 0 Å². The van der Waals surface area contributed by atoms with Gasteiger partial charge in [-0.05, 0) is 44.4 Å². The third kappa shape index (κ3) is 2.92. The minimum absolute atomic E-state index is 0.0139. The van der Waals surface area contributed by atoms with Crippen molar-refractivity contribution < 1.29 is 9.18 Å². The number of hydrogen-bond donors (Lipinski definition) is 1. The summed E-state index contributed by atoms with van der Waals surface area (Å²) in [6, 6.07) is 4.39. The second-order valence-corrected chi connectivity index (χ2v) is 6.61. The molecule has 0 radical (unpaired) electrons. The average molecular weight is 311 g/mol. The van der Waals surface area contributed by atoms with E-state index in [-0.39, 0.29) is 21.9 Å². The van der Waals surface area contributed by atoms with Crippen LogP contribution in [0, 0.1) is 11.2 Å². The molecule has 0 saturated carbocycles. The summed E-state index contributed by atoms with van der Waals surface area (Å²) in [7, 11) is 0. The van der Waals surface area contributed by atoms with Gasteiger partial charge < -0.3 is 10.2 Å². The van der Waals surface area contributed by atoms with Gasteiger partial charge in [0.15, 0.2) is 0 Å². The van der Waals surface area contributed by atoms with Crippen LogP contribution in [0.4, 0.5) is 4.39 Å². The van der Waals surface area contributed by atoms with Gasteiger partial charge in [0, 0.05) is 25.0 Å². The van der Waals surface area contributed by atoms with Crippen molar-refractivity contribution in [2.24, 2.45) is 5.41 Å². The van der Waals surface area contributed by atoms with Crippen molar-refractivity contribution in [3.05, 3.63) is 34.6 Å². The molecule has 1 spiro atoms. The van der Waals surface area contributed by atoms with E-state index in [0.717, 1.165) is 38.8 Å². The number of nitrogens with one attached hydrogen (secondary N) is 1. The fraction of sp³-hybridized carbons (Fsp3) is 0.562. The molecule has 21 heavy (non-hydrogen) atoms. The van der Waals surface area contributed by atoms with Crippen molar-refractivity contribution in [3.8, 4) is 0 Å². The van der Waals surface area contributed by atoms with Crippen molar-refractivity contribution >= 4 is 17.5 Å². The highest BCUT2D eigenvalue weighted by Gasteiger charge is 2.38. The van der Waals surface area contributed by atoms with Crippen LogP contribution in [0.2, 0.25) is 5.02 Å². The lowest BCUT2D eigenvalue weighted by molar-refractivity contribution is 0.0430. The summed E-state index contributed by atoms with van der Waals surface area (Å²) in [6.45, 7) is 3.38. The van der Waals surface area contributed by atoms with Crippen LogP contribution in [0.3, 0.4) is 0 Å². The number of amides is 1. The van der Waals surface area contributed by atoms with Gasteiger partial charge in [-0.2, -0.15) is 0 Å². The van der Waals surface area contributed by atoms with Crippen LogP contribution in [0.5, 0.6) is 0 Å². The summed E-state index contributed by atoms with van der Waals surface area (Å²) in [6.07, 6.45) is 4.38. The number of piperidine rings is 2. The third-order valence-corrected chi connectivity index (χ3v) is 5.00. The second-order valence-electron chi connectivity index (χ2n) is 6.21. The van der Waals surface area contributed by atoms with Crippen molar-refractivity contribution in [2.75, 3.05) is 26.2 Å². The van der Waals surface area contributed by atoms with Gasteiger partial charge in [0.2, 0.25) is 0 Å². The summed E-state index contributed by atoms with van der Waals surface area (Å²) in [4.78, 5) is 14.4. The summed E-state index contributed by atoms with van der Waals surface area (Å²) >= 11 is 6.02. The highest BCUT2D eigenvalue weighted by Crippen LogP contribution is 2.36. The number of halogens is 2. The lowest BCUT2D eigenvalue weighted by Crippen LogP contribution is -2.52. The van der Waals surface area contributed by atoms with E-state index in [1.54, 1.807) is 11.0 Å². The second kappa shape index (κ2) is 5.93. The Kier molecular flexibility index (Phi) is 4.18. The van der Waals surface area contributed by atoms with Crippen molar-refractivity contribution in [1.82, 2.24) is 10.2 Å². The van der Waals surface area contributed by atoms with Gasteiger partial charge in [-0.25, -0.2) is 4.39 Å². The molecule has 1 aromatic carbocycles. The fourth-order valence-corrected chi connectivity index (χ4v) is 3.86. The zero-order valence-electron chi connectivity index (χ0n) is 12.0. The summed E-state index contributed by atoms with van der Waals surface area (Å²) in [5, 5.41) is 3.62. The molecule has 0 aromatic heterocycles. The zero-order valence-corrected chi connectivity index (χ0v) is 12.8. The van der Waals surface area contributed by atoms with E-state index in [9.17, 15) is 9.18 Å². The molecule has 1 amide bonds. The predicted octanol–water partition coefficient (Wildman–Crippen LogP) is 3.08. The molecule has 0 aliphatic carbocycles. The number of rotatable bonds is 1. The quantitative estimate of drug-likeness (QED) is 0.864. The molecule has 1 N–H and O–H groups in total. The Morgan fingerprint density at radius 2 is 2.14 bits per heavy atom. The molecule has 1 unspecified atom stereocenters. The lowest BCUT2D eigenvalue weighted by Gasteiger charge is -2.45. The van der Waals surface area contributed by atoms with Gasteiger partial charge in [0.1, 0.15) is 5.82 Å². The summed E-state index contributed by atoms with van der Waals surface area (Å²) < 4.78 is 13.9. The smallest absolute Gasteiger partial charge is 0.258 e. The van der Waals surface area contributed by atoms with Crippen LogP contribution < -0.4 is 5.32 Å². The van der Waals surface area contributed by atoms with Crippen LogP contribution in [0.15, 0.2) is 18.2 Å². The maximum Gasteiger partial charge on any atom is 0.258 e. The van der Waals surface area contributed by atoms with Crippen LogP contribution in [0.25, 0.3) is 0 Å². The minimum Gasteiger partial charge on any atom is -0.338 e. The topological polar surface area (TPSA) is 32.3 Å². The van der Waals surface area contributed by atoms with E-state index < -0.39 is 5.82 Å². The molecule has 114 valence electrons. The Hall–Kier alpha value is -1.13. The van der Waals surface area contributed by atoms with Crippen LogP contribution >= 0.6 is 11.6 Å². The van der Waals surface area contributed by atoms with Gasteiger partial charge in [0.25, 0.3) is 5.91 Å². The Morgan fingerprint density at radius 1 is 1.33 bits per heavy atom. The number of carbonyl (C=O) groups excluding carboxylic acids is 1. The van der Waals surface area contributed by atoms with E-state index >= 15 is 0 Å². The van der Waals surface area contributed by atoms with Crippen molar-refractivity contribution in [3.63, 3.8) is 0 Å². The molecule has 0 bridgehead atoms. The lowest BCUT2D eigenvalue weighted by atomic mass is 9.74. The average Bonchev–Trinajstić information content (AvgIpc) is 2.48. The summed E-state index contributed by atoms with van der Waals surface area (Å²) in [5.74, 6) is -0.809. The maximum absolute atomic E-state index is 13.9. The van der Waals surface area contributed by atoms with Crippen LogP contribution in [0.1, 0.15) is 36.0 Å². The molecular formula is C16H20ClFN2O. The van der Waals surface area contributed by atoms with Gasteiger partial charge in [-0.1, -0.05) is 17.7 Å². The molecule has 1 aromatic rings. The standard InChI is InChI=1S/C16H20ClFN2O/c17-12-4-1-5-13(18)14(12)15(21)20-9-3-7-16(11-20)6-2-8-19-10-16/h1,4-5,19H,2-3,6-11H2. The Morgan fingerprint density at radius 3 is 2.86 bits per heavy atom. The highest BCUT2D eigenvalue weighted by atomic mass is 35.5. The molecular weight excluding hydrogens is 291 g/mol. The number of hydrogen-bond acceptors (Lipinski definition) is 2. The first-order valence-corrected chi connectivity index (χ1v) is 7.93. The molecule has 2 fully saturated rings. The first-order valence-electron chi connectivity index (χ1n) is 7.55.